The molecule has 0 saturated heterocycles. The first-order valence-electron chi connectivity index (χ1n) is 17.8. The van der Waals surface area contributed by atoms with Crippen LogP contribution in [0, 0.1) is 22.7 Å². The van der Waals surface area contributed by atoms with Gasteiger partial charge in [-0.15, -0.1) is 11.3 Å². The standard InChI is InChI=1S/C48H30N4S/c1-2-44-51-40-14-8-9-15-41(40)52(44)35-22-20-34(21-23-35)48(33-10-4-3-5-11-33)38-13-7-6-12-36(38)45-39(48)24-25-42-47(45)46-37(26-31(29-50)27-43(46)53-42)32-18-16-30(28-49)17-19-32/h3-27H,2H2,1H3. The van der Waals surface area contributed by atoms with E-state index in [0.29, 0.717) is 11.1 Å². The number of hydrogen-bond donors (Lipinski definition) is 0. The van der Waals surface area contributed by atoms with E-state index in [-0.39, 0.29) is 0 Å². The molecule has 0 N–H and O–H groups in total. The minimum Gasteiger partial charge on any atom is -0.296 e. The Morgan fingerprint density at radius 1 is 0.623 bits per heavy atom. The van der Waals surface area contributed by atoms with E-state index in [1.165, 1.54) is 43.5 Å². The molecule has 7 aromatic carbocycles. The Balaban J connectivity index is 1.28. The molecule has 9 aromatic rings. The fourth-order valence-electron chi connectivity index (χ4n) is 8.71. The SMILES string of the molecule is CCc1nc2ccccc2n1-c1ccc(C2(c3ccccc3)c3ccccc3-c3c2ccc2sc4cc(C#N)cc(-c5ccc(C#N)cc5)c4c32)cc1. The number of benzene rings is 7. The highest BCUT2D eigenvalue weighted by molar-refractivity contribution is 7.26. The molecule has 1 atom stereocenters. The van der Waals surface area contributed by atoms with Crippen molar-refractivity contribution < 1.29 is 0 Å². The Labute approximate surface area is 311 Å². The molecule has 1 aliphatic carbocycles. The van der Waals surface area contributed by atoms with E-state index in [1.54, 1.807) is 11.3 Å². The largest absolute Gasteiger partial charge is 0.296 e. The molecule has 5 heteroatoms. The van der Waals surface area contributed by atoms with Crippen LogP contribution in [-0.4, -0.2) is 9.55 Å². The zero-order valence-corrected chi connectivity index (χ0v) is 29.7. The van der Waals surface area contributed by atoms with Crippen molar-refractivity contribution in [3.05, 3.63) is 191 Å². The number of thiophene rings is 1. The molecule has 1 aliphatic rings. The van der Waals surface area contributed by atoms with Gasteiger partial charge < -0.3 is 0 Å². The van der Waals surface area contributed by atoms with Crippen molar-refractivity contribution in [3.8, 4) is 40.1 Å². The van der Waals surface area contributed by atoms with Gasteiger partial charge >= 0.3 is 0 Å². The van der Waals surface area contributed by atoms with Crippen molar-refractivity contribution in [1.82, 2.24) is 9.55 Å². The van der Waals surface area contributed by atoms with Gasteiger partial charge in [0.05, 0.1) is 39.7 Å². The molecular weight excluding hydrogens is 665 g/mol. The van der Waals surface area contributed by atoms with Gasteiger partial charge in [-0.2, -0.15) is 10.5 Å². The van der Waals surface area contributed by atoms with E-state index in [9.17, 15) is 10.5 Å². The van der Waals surface area contributed by atoms with E-state index in [4.69, 9.17) is 4.98 Å². The van der Waals surface area contributed by atoms with Crippen molar-refractivity contribution >= 4 is 42.5 Å². The lowest BCUT2D eigenvalue weighted by atomic mass is 9.67. The van der Waals surface area contributed by atoms with Gasteiger partial charge in [-0.1, -0.05) is 104 Å². The van der Waals surface area contributed by atoms with Gasteiger partial charge in [0, 0.05) is 32.3 Å². The van der Waals surface area contributed by atoms with Crippen LogP contribution in [0.1, 0.15) is 46.1 Å². The fourth-order valence-corrected chi connectivity index (χ4v) is 9.89. The minimum absolute atomic E-state index is 0.583. The van der Waals surface area contributed by atoms with Gasteiger partial charge in [-0.25, -0.2) is 4.98 Å². The third-order valence-corrected chi connectivity index (χ3v) is 12.0. The summed E-state index contributed by atoms with van der Waals surface area (Å²) in [7, 11) is 0. The summed E-state index contributed by atoms with van der Waals surface area (Å²) < 4.78 is 4.54. The van der Waals surface area contributed by atoms with Crippen LogP contribution in [0.4, 0.5) is 0 Å². The Morgan fingerprint density at radius 2 is 1.34 bits per heavy atom. The lowest BCUT2D eigenvalue weighted by Gasteiger charge is -2.34. The Morgan fingerprint density at radius 3 is 2.11 bits per heavy atom. The van der Waals surface area contributed by atoms with Crippen LogP contribution in [0.25, 0.3) is 59.1 Å². The number of nitrogens with zero attached hydrogens (tertiary/aromatic N) is 4. The fraction of sp³-hybridized carbons (Fsp3) is 0.0625. The van der Waals surface area contributed by atoms with Crippen LogP contribution in [0.3, 0.4) is 0 Å². The first-order valence-corrected chi connectivity index (χ1v) is 18.6. The zero-order chi connectivity index (χ0) is 35.7. The third-order valence-electron chi connectivity index (χ3n) is 10.9. The van der Waals surface area contributed by atoms with Crippen LogP contribution >= 0.6 is 11.3 Å². The van der Waals surface area contributed by atoms with Gasteiger partial charge in [0.15, 0.2) is 0 Å². The summed E-state index contributed by atoms with van der Waals surface area (Å²) in [6.07, 6.45) is 0.829. The molecule has 1 unspecified atom stereocenters. The first-order chi connectivity index (χ1) is 26.1. The highest BCUT2D eigenvalue weighted by Crippen LogP contribution is 2.59. The number of aryl methyl sites for hydroxylation is 1. The minimum atomic E-state index is -0.583. The van der Waals surface area contributed by atoms with Crippen LogP contribution in [0.15, 0.2) is 152 Å². The molecule has 0 aliphatic heterocycles. The topological polar surface area (TPSA) is 65.4 Å². The monoisotopic (exact) mass is 694 g/mol. The van der Waals surface area contributed by atoms with E-state index in [1.807, 2.05) is 42.5 Å². The van der Waals surface area contributed by atoms with E-state index in [0.717, 1.165) is 50.2 Å². The second-order valence-corrected chi connectivity index (χ2v) is 14.7. The molecule has 10 rings (SSSR count). The molecule has 0 bridgehead atoms. The molecular formula is C48H30N4S. The second kappa shape index (κ2) is 11.9. The third kappa shape index (κ3) is 4.42. The molecule has 4 nitrogen and oxygen atoms in total. The van der Waals surface area contributed by atoms with Gasteiger partial charge in [-0.05, 0) is 99.1 Å². The van der Waals surface area contributed by atoms with E-state index < -0.39 is 5.41 Å². The molecule has 0 radical (unpaired) electrons. The zero-order valence-electron chi connectivity index (χ0n) is 28.8. The molecule has 0 spiro atoms. The molecule has 2 heterocycles. The molecule has 0 fully saturated rings. The summed E-state index contributed by atoms with van der Waals surface area (Å²) in [6.45, 7) is 2.16. The van der Waals surface area contributed by atoms with Gasteiger partial charge in [0.2, 0.25) is 0 Å². The number of aromatic nitrogens is 2. The van der Waals surface area contributed by atoms with Gasteiger partial charge in [0.1, 0.15) is 5.82 Å². The molecule has 0 amide bonds. The van der Waals surface area contributed by atoms with Gasteiger partial charge in [0.25, 0.3) is 0 Å². The lowest BCUT2D eigenvalue weighted by Crippen LogP contribution is -2.28. The maximum absolute atomic E-state index is 10.1. The second-order valence-electron chi connectivity index (χ2n) is 13.6. The summed E-state index contributed by atoms with van der Waals surface area (Å²) in [6, 6.07) is 58.2. The summed E-state index contributed by atoms with van der Waals surface area (Å²) in [5.74, 6) is 1.04. The number of nitriles is 2. The number of para-hydroxylation sites is 2. The Hall–Kier alpha value is -6.79. The van der Waals surface area contributed by atoms with Crippen molar-refractivity contribution in [1.29, 1.82) is 10.5 Å². The highest BCUT2D eigenvalue weighted by atomic mass is 32.1. The van der Waals surface area contributed by atoms with Crippen molar-refractivity contribution in [2.45, 2.75) is 18.8 Å². The molecule has 53 heavy (non-hydrogen) atoms. The van der Waals surface area contributed by atoms with E-state index in [2.05, 4.69) is 133 Å². The quantitative estimate of drug-likeness (QED) is 0.180. The highest BCUT2D eigenvalue weighted by Gasteiger charge is 2.47. The van der Waals surface area contributed by atoms with Crippen molar-refractivity contribution in [2.75, 3.05) is 0 Å². The van der Waals surface area contributed by atoms with Crippen molar-refractivity contribution in [3.63, 3.8) is 0 Å². The van der Waals surface area contributed by atoms with Crippen LogP contribution in [-0.2, 0) is 11.8 Å². The summed E-state index contributed by atoms with van der Waals surface area (Å²) in [5, 5.41) is 22.0. The van der Waals surface area contributed by atoms with E-state index >= 15 is 0 Å². The average Bonchev–Trinajstić information content (AvgIpc) is 3.89. The normalized spacial score (nSPS) is 14.6. The van der Waals surface area contributed by atoms with Crippen LogP contribution in [0.2, 0.25) is 0 Å². The summed E-state index contributed by atoms with van der Waals surface area (Å²) >= 11 is 1.73. The smallest absolute Gasteiger partial charge is 0.114 e. The molecule has 0 saturated carbocycles. The Kier molecular flexibility index (Phi) is 6.95. The number of hydrogen-bond acceptors (Lipinski definition) is 4. The maximum atomic E-state index is 10.1. The number of imidazole rings is 1. The molecule has 2 aromatic heterocycles. The predicted molar refractivity (Wildman–Crippen MR) is 216 cm³/mol. The predicted octanol–water partition coefficient (Wildman–Crippen LogP) is 11.7. The lowest BCUT2D eigenvalue weighted by molar-refractivity contribution is 0.768. The maximum Gasteiger partial charge on any atom is 0.114 e. The first kappa shape index (κ1) is 31.0. The number of fused-ring (bicyclic) bond motifs is 8. The van der Waals surface area contributed by atoms with Crippen LogP contribution in [0.5, 0.6) is 0 Å². The average molecular weight is 695 g/mol. The Bertz CT molecular complexity index is 2990. The molecule has 248 valence electrons. The number of rotatable bonds is 5. The van der Waals surface area contributed by atoms with Crippen LogP contribution < -0.4 is 0 Å². The van der Waals surface area contributed by atoms with Crippen molar-refractivity contribution in [2.24, 2.45) is 0 Å². The van der Waals surface area contributed by atoms with Gasteiger partial charge in [-0.3, -0.25) is 4.57 Å². The summed E-state index contributed by atoms with van der Waals surface area (Å²) in [4.78, 5) is 4.96. The summed E-state index contributed by atoms with van der Waals surface area (Å²) in [5.41, 5.74) is 13.2.